The number of aryl methyl sites for hydroxylation is 1. The second-order valence-corrected chi connectivity index (χ2v) is 6.43. The number of nitrogens with one attached hydrogen (secondary N) is 1. The van der Waals surface area contributed by atoms with E-state index in [0.717, 1.165) is 24.3 Å². The van der Waals surface area contributed by atoms with Crippen LogP contribution in [0.5, 0.6) is 5.75 Å². The molecule has 0 fully saturated rings. The van der Waals surface area contributed by atoms with Gasteiger partial charge < -0.3 is 10.1 Å². The van der Waals surface area contributed by atoms with E-state index in [9.17, 15) is 4.79 Å². The van der Waals surface area contributed by atoms with Crippen molar-refractivity contribution < 1.29 is 9.53 Å². The summed E-state index contributed by atoms with van der Waals surface area (Å²) in [5, 5.41) is 7.78. The third kappa shape index (κ3) is 5.31. The summed E-state index contributed by atoms with van der Waals surface area (Å²) in [6.45, 7) is 2.97. The van der Waals surface area contributed by atoms with Crippen LogP contribution in [0.1, 0.15) is 29.3 Å². The van der Waals surface area contributed by atoms with Crippen LogP contribution in [-0.4, -0.2) is 33.8 Å². The molecule has 140 valence electrons. The number of hydrogen-bond donors (Lipinski definition) is 1. The number of benzene rings is 2. The summed E-state index contributed by atoms with van der Waals surface area (Å²) >= 11 is 5.90. The van der Waals surface area contributed by atoms with Crippen LogP contribution in [0.2, 0.25) is 5.02 Å². The van der Waals surface area contributed by atoms with Gasteiger partial charge in [-0.3, -0.25) is 4.79 Å². The molecule has 3 aromatic rings. The number of hydrogen-bond acceptors (Lipinski definition) is 4. The highest BCUT2D eigenvalue weighted by Crippen LogP contribution is 2.14. The van der Waals surface area contributed by atoms with Crippen LogP contribution in [0.15, 0.2) is 54.6 Å². The van der Waals surface area contributed by atoms with Crippen LogP contribution in [0.4, 0.5) is 0 Å². The van der Waals surface area contributed by atoms with Gasteiger partial charge in [0.15, 0.2) is 0 Å². The summed E-state index contributed by atoms with van der Waals surface area (Å²) in [6, 6.07) is 16.9. The van der Waals surface area contributed by atoms with Crippen molar-refractivity contribution in [2.75, 3.05) is 13.2 Å². The molecule has 0 radical (unpaired) electrons. The standard InChI is InChI=1S/C20H21ClN4O2/c1-15-23-19(24-25(15)17-11-9-16(21)10-12-17)20(26)22-13-5-6-14-27-18-7-3-2-4-8-18/h2-4,7-12H,5-6,13-14H2,1H3,(H,22,26). The van der Waals surface area contributed by atoms with Crippen LogP contribution in [0.25, 0.3) is 5.69 Å². The Kier molecular flexibility index (Phi) is 6.44. The SMILES string of the molecule is Cc1nc(C(=O)NCCCCOc2ccccc2)nn1-c1ccc(Cl)cc1. The Bertz CT molecular complexity index is 879. The summed E-state index contributed by atoms with van der Waals surface area (Å²) < 4.78 is 7.25. The Morgan fingerprint density at radius 2 is 1.85 bits per heavy atom. The second kappa shape index (κ2) is 9.19. The molecule has 0 unspecified atom stereocenters. The molecule has 0 aliphatic rings. The molecule has 27 heavy (non-hydrogen) atoms. The number of ether oxygens (including phenoxy) is 1. The van der Waals surface area contributed by atoms with E-state index in [1.54, 1.807) is 23.7 Å². The van der Waals surface area contributed by atoms with E-state index in [-0.39, 0.29) is 11.7 Å². The molecule has 1 aromatic heterocycles. The van der Waals surface area contributed by atoms with Crippen LogP contribution < -0.4 is 10.1 Å². The maximum absolute atomic E-state index is 12.2. The quantitative estimate of drug-likeness (QED) is 0.599. The predicted molar refractivity (Wildman–Crippen MR) is 105 cm³/mol. The Morgan fingerprint density at radius 3 is 2.59 bits per heavy atom. The van der Waals surface area contributed by atoms with Crippen LogP contribution >= 0.6 is 11.6 Å². The van der Waals surface area contributed by atoms with Gasteiger partial charge in [-0.15, -0.1) is 5.10 Å². The van der Waals surface area contributed by atoms with Gasteiger partial charge in [0.25, 0.3) is 5.91 Å². The number of para-hydroxylation sites is 1. The van der Waals surface area contributed by atoms with Gasteiger partial charge in [-0.2, -0.15) is 0 Å². The van der Waals surface area contributed by atoms with E-state index in [0.29, 0.717) is 24.0 Å². The topological polar surface area (TPSA) is 69.0 Å². The van der Waals surface area contributed by atoms with Crippen molar-refractivity contribution >= 4 is 17.5 Å². The molecule has 0 aliphatic heterocycles. The molecule has 1 heterocycles. The lowest BCUT2D eigenvalue weighted by Gasteiger charge is -2.06. The fraction of sp³-hybridized carbons (Fsp3) is 0.250. The number of aromatic nitrogens is 3. The monoisotopic (exact) mass is 384 g/mol. The molecular formula is C20H21ClN4O2. The molecule has 6 nitrogen and oxygen atoms in total. The highest BCUT2D eigenvalue weighted by Gasteiger charge is 2.14. The molecule has 1 amide bonds. The molecule has 3 rings (SSSR count). The van der Waals surface area contributed by atoms with E-state index in [4.69, 9.17) is 16.3 Å². The third-order valence-corrected chi connectivity index (χ3v) is 4.16. The summed E-state index contributed by atoms with van der Waals surface area (Å²) in [4.78, 5) is 16.5. The van der Waals surface area contributed by atoms with E-state index < -0.39 is 0 Å². The number of amides is 1. The number of halogens is 1. The zero-order valence-electron chi connectivity index (χ0n) is 15.1. The Labute approximate surface area is 163 Å². The Hall–Kier alpha value is -2.86. The number of unbranched alkanes of at least 4 members (excludes halogenated alkanes) is 1. The summed E-state index contributed by atoms with van der Waals surface area (Å²) in [6.07, 6.45) is 1.66. The third-order valence-electron chi connectivity index (χ3n) is 3.91. The normalized spacial score (nSPS) is 10.6. The minimum Gasteiger partial charge on any atom is -0.494 e. The highest BCUT2D eigenvalue weighted by atomic mass is 35.5. The fourth-order valence-corrected chi connectivity index (χ4v) is 2.65. The molecule has 0 atom stereocenters. The molecule has 0 aliphatic carbocycles. The van der Waals surface area contributed by atoms with E-state index in [1.165, 1.54) is 0 Å². The van der Waals surface area contributed by atoms with Crippen molar-refractivity contribution in [3.05, 3.63) is 71.3 Å². The first kappa shape index (κ1) is 18.9. The summed E-state index contributed by atoms with van der Waals surface area (Å²) in [7, 11) is 0. The van der Waals surface area contributed by atoms with Crippen molar-refractivity contribution in [3.8, 4) is 11.4 Å². The van der Waals surface area contributed by atoms with Crippen molar-refractivity contribution in [2.45, 2.75) is 19.8 Å². The maximum atomic E-state index is 12.2. The van der Waals surface area contributed by atoms with Gasteiger partial charge in [-0.1, -0.05) is 29.8 Å². The zero-order valence-corrected chi connectivity index (χ0v) is 15.8. The fourth-order valence-electron chi connectivity index (χ4n) is 2.53. The average Bonchev–Trinajstić information content (AvgIpc) is 3.07. The van der Waals surface area contributed by atoms with Gasteiger partial charge in [-0.25, -0.2) is 9.67 Å². The number of rotatable bonds is 8. The molecular weight excluding hydrogens is 364 g/mol. The molecule has 2 aromatic carbocycles. The molecule has 1 N–H and O–H groups in total. The van der Waals surface area contributed by atoms with Crippen molar-refractivity contribution in [3.63, 3.8) is 0 Å². The largest absolute Gasteiger partial charge is 0.494 e. The van der Waals surface area contributed by atoms with Crippen molar-refractivity contribution in [2.24, 2.45) is 0 Å². The molecule has 7 heteroatoms. The Balaban J connectivity index is 1.44. The lowest BCUT2D eigenvalue weighted by atomic mass is 10.3. The lowest BCUT2D eigenvalue weighted by molar-refractivity contribution is 0.0942. The lowest BCUT2D eigenvalue weighted by Crippen LogP contribution is -2.26. The second-order valence-electron chi connectivity index (χ2n) is 6.00. The van der Waals surface area contributed by atoms with Crippen LogP contribution in [-0.2, 0) is 0 Å². The summed E-state index contributed by atoms with van der Waals surface area (Å²) in [5.74, 6) is 1.37. The number of nitrogens with zero attached hydrogens (tertiary/aromatic N) is 3. The van der Waals surface area contributed by atoms with Crippen LogP contribution in [0.3, 0.4) is 0 Å². The number of carbonyl (C=O) groups is 1. The molecule has 0 saturated heterocycles. The zero-order chi connectivity index (χ0) is 19.1. The Morgan fingerprint density at radius 1 is 1.11 bits per heavy atom. The smallest absolute Gasteiger partial charge is 0.290 e. The number of carbonyl (C=O) groups excluding carboxylic acids is 1. The van der Waals surface area contributed by atoms with Crippen molar-refractivity contribution in [1.29, 1.82) is 0 Å². The van der Waals surface area contributed by atoms with Gasteiger partial charge in [0, 0.05) is 11.6 Å². The van der Waals surface area contributed by atoms with E-state index in [2.05, 4.69) is 15.4 Å². The summed E-state index contributed by atoms with van der Waals surface area (Å²) in [5.41, 5.74) is 0.807. The highest BCUT2D eigenvalue weighted by molar-refractivity contribution is 6.30. The van der Waals surface area contributed by atoms with Crippen molar-refractivity contribution in [1.82, 2.24) is 20.1 Å². The van der Waals surface area contributed by atoms with E-state index in [1.807, 2.05) is 42.5 Å². The van der Waals surface area contributed by atoms with Gasteiger partial charge >= 0.3 is 0 Å². The minimum absolute atomic E-state index is 0.156. The first-order valence-corrected chi connectivity index (χ1v) is 9.17. The van der Waals surface area contributed by atoms with E-state index >= 15 is 0 Å². The first-order chi connectivity index (χ1) is 13.1. The van der Waals surface area contributed by atoms with Gasteiger partial charge in [-0.05, 0) is 56.2 Å². The predicted octanol–water partition coefficient (Wildman–Crippen LogP) is 3.82. The molecule has 0 bridgehead atoms. The average molecular weight is 385 g/mol. The first-order valence-electron chi connectivity index (χ1n) is 8.79. The molecule has 0 saturated carbocycles. The minimum atomic E-state index is -0.283. The van der Waals surface area contributed by atoms with Gasteiger partial charge in [0.2, 0.25) is 5.82 Å². The maximum Gasteiger partial charge on any atom is 0.290 e. The van der Waals surface area contributed by atoms with Gasteiger partial charge in [0.1, 0.15) is 11.6 Å². The van der Waals surface area contributed by atoms with Crippen LogP contribution in [0, 0.1) is 6.92 Å². The van der Waals surface area contributed by atoms with Gasteiger partial charge in [0.05, 0.1) is 12.3 Å². The molecule has 0 spiro atoms.